The second-order valence-corrected chi connectivity index (χ2v) is 5.51. The fourth-order valence-electron chi connectivity index (χ4n) is 2.42. The molecule has 21 heavy (non-hydrogen) atoms. The largest absolute Gasteiger partial charge is 0.367 e. The molecule has 2 aromatic rings. The van der Waals surface area contributed by atoms with Crippen molar-refractivity contribution in [1.82, 2.24) is 10.3 Å². The van der Waals surface area contributed by atoms with Crippen LogP contribution in [-0.4, -0.2) is 24.1 Å². The van der Waals surface area contributed by atoms with Crippen LogP contribution in [0.1, 0.15) is 26.5 Å². The van der Waals surface area contributed by atoms with Crippen molar-refractivity contribution in [3.05, 3.63) is 48.7 Å². The van der Waals surface area contributed by atoms with E-state index < -0.39 is 0 Å². The fourth-order valence-corrected chi connectivity index (χ4v) is 2.42. The second kappa shape index (κ2) is 7.23. The molecule has 112 valence electrons. The topological polar surface area (TPSA) is 28.2 Å². The van der Waals surface area contributed by atoms with Gasteiger partial charge in [0.2, 0.25) is 0 Å². The van der Waals surface area contributed by atoms with E-state index in [1.807, 2.05) is 12.1 Å². The number of nitrogens with zero attached hydrogens (tertiary/aromatic N) is 2. The summed E-state index contributed by atoms with van der Waals surface area (Å²) >= 11 is 0. The number of likely N-dealkylation sites (N-methyl/N-ethyl adjacent to an activating group) is 1. The van der Waals surface area contributed by atoms with Crippen molar-refractivity contribution in [1.29, 1.82) is 0 Å². The Labute approximate surface area is 127 Å². The van der Waals surface area contributed by atoms with Gasteiger partial charge in [0.25, 0.3) is 0 Å². The Bertz CT molecular complexity index is 604. The van der Waals surface area contributed by atoms with E-state index in [9.17, 15) is 0 Å². The lowest BCUT2D eigenvalue weighted by Crippen LogP contribution is -2.25. The van der Waals surface area contributed by atoms with E-state index in [0.717, 1.165) is 30.8 Å². The van der Waals surface area contributed by atoms with E-state index in [0.29, 0.717) is 6.04 Å². The van der Waals surface area contributed by atoms with Crippen LogP contribution in [-0.2, 0) is 6.54 Å². The molecule has 3 heteroatoms. The lowest BCUT2D eigenvalue weighted by molar-refractivity contribution is 0.582. The standard InChI is InChI=1S/C18H25N3/c1-5-11-21(6-2)18-12-15(13-19-14(3)4)20-17-10-8-7-9-16(17)18/h5,7-10,12,14,19H,1,6,11,13H2,2-4H3. The van der Waals surface area contributed by atoms with E-state index >= 15 is 0 Å². The highest BCUT2D eigenvalue weighted by atomic mass is 15.1. The van der Waals surface area contributed by atoms with E-state index in [-0.39, 0.29) is 0 Å². The Morgan fingerprint density at radius 1 is 1.33 bits per heavy atom. The molecule has 0 bridgehead atoms. The molecular formula is C18H25N3. The van der Waals surface area contributed by atoms with Crippen LogP contribution < -0.4 is 10.2 Å². The number of nitrogens with one attached hydrogen (secondary N) is 1. The smallest absolute Gasteiger partial charge is 0.0726 e. The van der Waals surface area contributed by atoms with Crippen LogP contribution in [0.25, 0.3) is 10.9 Å². The van der Waals surface area contributed by atoms with Crippen molar-refractivity contribution >= 4 is 16.6 Å². The van der Waals surface area contributed by atoms with Crippen molar-refractivity contribution in [2.45, 2.75) is 33.4 Å². The van der Waals surface area contributed by atoms with Gasteiger partial charge < -0.3 is 10.2 Å². The van der Waals surface area contributed by atoms with Gasteiger partial charge in [0.15, 0.2) is 0 Å². The normalized spacial score (nSPS) is 11.0. The van der Waals surface area contributed by atoms with Crippen molar-refractivity contribution in [3.63, 3.8) is 0 Å². The third-order valence-electron chi connectivity index (χ3n) is 3.51. The predicted molar refractivity (Wildman–Crippen MR) is 91.8 cm³/mol. The Kier molecular flexibility index (Phi) is 5.34. The Morgan fingerprint density at radius 2 is 2.10 bits per heavy atom. The zero-order valence-corrected chi connectivity index (χ0v) is 13.3. The minimum absolute atomic E-state index is 0.456. The molecule has 0 aliphatic rings. The lowest BCUT2D eigenvalue weighted by atomic mass is 10.1. The molecule has 0 unspecified atom stereocenters. The number of hydrogen-bond donors (Lipinski definition) is 1. The molecule has 3 nitrogen and oxygen atoms in total. The zero-order chi connectivity index (χ0) is 15.2. The van der Waals surface area contributed by atoms with Crippen molar-refractivity contribution in [2.75, 3.05) is 18.0 Å². The quantitative estimate of drug-likeness (QED) is 0.785. The summed E-state index contributed by atoms with van der Waals surface area (Å²) < 4.78 is 0. The van der Waals surface area contributed by atoms with Gasteiger partial charge in [-0.3, -0.25) is 4.98 Å². The lowest BCUT2D eigenvalue weighted by Gasteiger charge is -2.24. The molecule has 0 aliphatic heterocycles. The number of pyridine rings is 1. The summed E-state index contributed by atoms with van der Waals surface area (Å²) in [5.41, 5.74) is 3.38. The van der Waals surface area contributed by atoms with E-state index in [1.165, 1.54) is 11.1 Å². The molecule has 0 amide bonds. The number of aromatic nitrogens is 1. The molecule has 2 rings (SSSR count). The highest BCUT2D eigenvalue weighted by Gasteiger charge is 2.10. The maximum atomic E-state index is 4.77. The predicted octanol–water partition coefficient (Wildman–Crippen LogP) is 3.75. The SMILES string of the molecule is C=CCN(CC)c1cc(CNC(C)C)nc2ccccc12. The van der Waals surface area contributed by atoms with Gasteiger partial charge in [0.05, 0.1) is 11.2 Å². The van der Waals surface area contributed by atoms with Gasteiger partial charge in [-0.05, 0) is 19.1 Å². The van der Waals surface area contributed by atoms with E-state index in [2.05, 4.69) is 61.8 Å². The number of para-hydroxylation sites is 1. The zero-order valence-electron chi connectivity index (χ0n) is 13.3. The van der Waals surface area contributed by atoms with Crippen LogP contribution >= 0.6 is 0 Å². The molecule has 0 radical (unpaired) electrons. The van der Waals surface area contributed by atoms with Crippen LogP contribution in [0.3, 0.4) is 0 Å². The summed E-state index contributed by atoms with van der Waals surface area (Å²) in [5, 5.41) is 4.64. The number of fused-ring (bicyclic) bond motifs is 1. The molecular weight excluding hydrogens is 258 g/mol. The second-order valence-electron chi connectivity index (χ2n) is 5.51. The average molecular weight is 283 g/mol. The first-order valence-electron chi connectivity index (χ1n) is 7.63. The number of hydrogen-bond acceptors (Lipinski definition) is 3. The molecule has 0 saturated carbocycles. The highest BCUT2D eigenvalue weighted by molar-refractivity contribution is 5.92. The van der Waals surface area contributed by atoms with Gasteiger partial charge in [0, 0.05) is 36.7 Å². The molecule has 0 fully saturated rings. The molecule has 1 heterocycles. The Hall–Kier alpha value is -1.87. The minimum Gasteiger partial charge on any atom is -0.367 e. The molecule has 0 saturated heterocycles. The highest BCUT2D eigenvalue weighted by Crippen LogP contribution is 2.26. The first-order chi connectivity index (χ1) is 10.2. The van der Waals surface area contributed by atoms with Gasteiger partial charge in [0.1, 0.15) is 0 Å². The summed E-state index contributed by atoms with van der Waals surface area (Å²) in [4.78, 5) is 7.10. The Morgan fingerprint density at radius 3 is 2.76 bits per heavy atom. The molecule has 1 N–H and O–H groups in total. The van der Waals surface area contributed by atoms with Crippen LogP contribution in [0.2, 0.25) is 0 Å². The van der Waals surface area contributed by atoms with Gasteiger partial charge in [-0.1, -0.05) is 38.1 Å². The first kappa shape index (κ1) is 15.5. The van der Waals surface area contributed by atoms with Crippen molar-refractivity contribution in [3.8, 4) is 0 Å². The average Bonchev–Trinajstić information content (AvgIpc) is 2.50. The summed E-state index contributed by atoms with van der Waals surface area (Å²) in [7, 11) is 0. The molecule has 0 atom stereocenters. The van der Waals surface area contributed by atoms with Gasteiger partial charge in [-0.15, -0.1) is 6.58 Å². The number of anilines is 1. The molecule has 1 aromatic carbocycles. The number of rotatable bonds is 7. The molecule has 0 spiro atoms. The van der Waals surface area contributed by atoms with Crippen molar-refractivity contribution in [2.24, 2.45) is 0 Å². The molecule has 1 aromatic heterocycles. The summed E-state index contributed by atoms with van der Waals surface area (Å²) in [6, 6.07) is 11.0. The Balaban J connectivity index is 2.46. The maximum absolute atomic E-state index is 4.77. The minimum atomic E-state index is 0.456. The maximum Gasteiger partial charge on any atom is 0.0726 e. The molecule has 0 aliphatic carbocycles. The van der Waals surface area contributed by atoms with Crippen LogP contribution in [0.15, 0.2) is 43.0 Å². The van der Waals surface area contributed by atoms with Crippen LogP contribution in [0.5, 0.6) is 0 Å². The van der Waals surface area contributed by atoms with Crippen molar-refractivity contribution < 1.29 is 0 Å². The van der Waals surface area contributed by atoms with Crippen LogP contribution in [0, 0.1) is 0 Å². The van der Waals surface area contributed by atoms with Gasteiger partial charge in [-0.25, -0.2) is 0 Å². The summed E-state index contributed by atoms with van der Waals surface area (Å²) in [6.45, 7) is 12.9. The fraction of sp³-hybridized carbons (Fsp3) is 0.389. The third kappa shape index (κ3) is 3.82. The van der Waals surface area contributed by atoms with Gasteiger partial charge >= 0.3 is 0 Å². The van der Waals surface area contributed by atoms with E-state index in [1.54, 1.807) is 0 Å². The third-order valence-corrected chi connectivity index (χ3v) is 3.51. The van der Waals surface area contributed by atoms with Crippen LogP contribution in [0.4, 0.5) is 5.69 Å². The summed E-state index contributed by atoms with van der Waals surface area (Å²) in [5.74, 6) is 0. The summed E-state index contributed by atoms with van der Waals surface area (Å²) in [6.07, 6.45) is 1.95. The monoisotopic (exact) mass is 283 g/mol. The first-order valence-corrected chi connectivity index (χ1v) is 7.63. The van der Waals surface area contributed by atoms with E-state index in [4.69, 9.17) is 4.98 Å². The van der Waals surface area contributed by atoms with Gasteiger partial charge in [-0.2, -0.15) is 0 Å². The number of benzene rings is 1.